The van der Waals surface area contributed by atoms with E-state index in [0.717, 1.165) is 37.4 Å². The maximum absolute atomic E-state index is 4.50. The Morgan fingerprint density at radius 3 is 2.32 bits per heavy atom. The number of nitrogens with zero attached hydrogens (tertiary/aromatic N) is 3. The van der Waals surface area contributed by atoms with Crippen molar-refractivity contribution in [3.05, 3.63) is 0 Å². The Morgan fingerprint density at radius 1 is 1.18 bits per heavy atom. The predicted molar refractivity (Wildman–Crippen MR) is 106 cm³/mol. The third-order valence-corrected chi connectivity index (χ3v) is 4.76. The van der Waals surface area contributed by atoms with Gasteiger partial charge in [0.25, 0.3) is 0 Å². The highest BCUT2D eigenvalue weighted by Crippen LogP contribution is 2.20. The lowest BCUT2D eigenvalue weighted by atomic mass is 9.92. The van der Waals surface area contributed by atoms with Crippen molar-refractivity contribution in [2.75, 3.05) is 46.3 Å². The van der Waals surface area contributed by atoms with Gasteiger partial charge in [-0.1, -0.05) is 20.8 Å². The van der Waals surface area contributed by atoms with E-state index in [-0.39, 0.29) is 24.0 Å². The largest absolute Gasteiger partial charge is 0.356 e. The van der Waals surface area contributed by atoms with Gasteiger partial charge in [-0.15, -0.1) is 24.0 Å². The van der Waals surface area contributed by atoms with Crippen LogP contribution in [0.25, 0.3) is 0 Å². The maximum atomic E-state index is 4.50. The fourth-order valence-electron chi connectivity index (χ4n) is 3.90. The summed E-state index contributed by atoms with van der Waals surface area (Å²) in [5, 5.41) is 3.60. The van der Waals surface area contributed by atoms with Crippen LogP contribution in [0.2, 0.25) is 0 Å². The van der Waals surface area contributed by atoms with Gasteiger partial charge >= 0.3 is 0 Å². The lowest BCUT2D eigenvalue weighted by Gasteiger charge is -2.37. The van der Waals surface area contributed by atoms with Gasteiger partial charge in [-0.25, -0.2) is 0 Å². The van der Waals surface area contributed by atoms with Gasteiger partial charge in [-0.2, -0.15) is 0 Å². The molecule has 0 amide bonds. The fourth-order valence-corrected chi connectivity index (χ4v) is 3.90. The minimum absolute atomic E-state index is 0. The topological polar surface area (TPSA) is 30.9 Å². The van der Waals surface area contributed by atoms with Gasteiger partial charge in [0.15, 0.2) is 5.96 Å². The second kappa shape index (κ2) is 9.96. The molecule has 3 unspecified atom stereocenters. The van der Waals surface area contributed by atoms with Crippen molar-refractivity contribution < 1.29 is 0 Å². The number of hydrogen-bond donors (Lipinski definition) is 1. The summed E-state index contributed by atoms with van der Waals surface area (Å²) in [6.07, 6.45) is 4.11. The third kappa shape index (κ3) is 6.22. The molecule has 5 heteroatoms. The summed E-state index contributed by atoms with van der Waals surface area (Å²) in [7, 11) is 1.91. The molecule has 2 aliphatic rings. The number of piperidine rings is 1. The van der Waals surface area contributed by atoms with Gasteiger partial charge in [0.2, 0.25) is 0 Å². The van der Waals surface area contributed by atoms with Gasteiger partial charge in [-0.3, -0.25) is 4.99 Å². The second-order valence-electron chi connectivity index (χ2n) is 7.39. The van der Waals surface area contributed by atoms with Crippen LogP contribution in [0.15, 0.2) is 4.99 Å². The molecule has 0 aliphatic carbocycles. The van der Waals surface area contributed by atoms with Crippen molar-refractivity contribution in [3.8, 4) is 0 Å². The lowest BCUT2D eigenvalue weighted by Crippen LogP contribution is -2.49. The smallest absolute Gasteiger partial charge is 0.193 e. The molecule has 1 N–H and O–H groups in total. The molecule has 0 spiro atoms. The summed E-state index contributed by atoms with van der Waals surface area (Å²) >= 11 is 0. The maximum Gasteiger partial charge on any atom is 0.193 e. The van der Waals surface area contributed by atoms with Crippen molar-refractivity contribution in [3.63, 3.8) is 0 Å². The number of halogens is 1. The fraction of sp³-hybridized carbons (Fsp3) is 0.941. The summed E-state index contributed by atoms with van der Waals surface area (Å²) in [5.74, 6) is 3.32. The Labute approximate surface area is 154 Å². The molecule has 3 atom stereocenters. The molecule has 0 radical (unpaired) electrons. The standard InChI is InChI=1S/C17H34N4.HI/c1-14-9-15(2)13-21(12-14)17(18-4)19-10-16(3)11-20-7-5-6-8-20;/h14-16H,5-13H2,1-4H3,(H,18,19);1H. The summed E-state index contributed by atoms with van der Waals surface area (Å²) < 4.78 is 0. The summed E-state index contributed by atoms with van der Waals surface area (Å²) in [6.45, 7) is 14.2. The molecule has 0 saturated carbocycles. The normalized spacial score (nSPS) is 28.4. The van der Waals surface area contributed by atoms with Crippen LogP contribution in [0, 0.1) is 17.8 Å². The van der Waals surface area contributed by atoms with Gasteiger partial charge in [-0.05, 0) is 50.1 Å². The van der Waals surface area contributed by atoms with Crippen LogP contribution < -0.4 is 5.32 Å². The Balaban J connectivity index is 0.00000242. The van der Waals surface area contributed by atoms with Crippen LogP contribution in [0.1, 0.15) is 40.0 Å². The highest BCUT2D eigenvalue weighted by atomic mass is 127. The molecule has 0 aromatic carbocycles. The van der Waals surface area contributed by atoms with Crippen LogP contribution in [0.5, 0.6) is 0 Å². The molecule has 2 heterocycles. The van der Waals surface area contributed by atoms with E-state index < -0.39 is 0 Å². The number of rotatable bonds is 4. The molecular weight excluding hydrogens is 387 g/mol. The van der Waals surface area contributed by atoms with Crippen LogP contribution in [0.4, 0.5) is 0 Å². The van der Waals surface area contributed by atoms with Gasteiger partial charge < -0.3 is 15.1 Å². The van der Waals surface area contributed by atoms with E-state index in [4.69, 9.17) is 0 Å². The average molecular weight is 422 g/mol. The molecule has 2 rings (SSSR count). The summed E-state index contributed by atoms with van der Waals surface area (Å²) in [5.41, 5.74) is 0. The van der Waals surface area contributed by atoms with Crippen molar-refractivity contribution in [2.24, 2.45) is 22.7 Å². The average Bonchev–Trinajstić information content (AvgIpc) is 2.91. The van der Waals surface area contributed by atoms with Crippen LogP contribution in [-0.2, 0) is 0 Å². The highest BCUT2D eigenvalue weighted by Gasteiger charge is 2.24. The first kappa shape index (κ1) is 20.0. The number of nitrogens with one attached hydrogen (secondary N) is 1. The zero-order chi connectivity index (χ0) is 15.2. The van der Waals surface area contributed by atoms with E-state index in [1.165, 1.54) is 38.9 Å². The molecule has 0 aromatic rings. The SMILES string of the molecule is CN=C(NCC(C)CN1CCCC1)N1CC(C)CC(C)C1.I. The van der Waals surface area contributed by atoms with Gasteiger partial charge in [0.05, 0.1) is 0 Å². The van der Waals surface area contributed by atoms with E-state index >= 15 is 0 Å². The van der Waals surface area contributed by atoms with Crippen LogP contribution in [-0.4, -0.2) is 62.1 Å². The van der Waals surface area contributed by atoms with E-state index in [0.29, 0.717) is 5.92 Å². The van der Waals surface area contributed by atoms with E-state index in [1.54, 1.807) is 0 Å². The lowest BCUT2D eigenvalue weighted by molar-refractivity contribution is 0.207. The highest BCUT2D eigenvalue weighted by molar-refractivity contribution is 14.0. The Bertz CT molecular complexity index is 332. The van der Waals surface area contributed by atoms with Crippen LogP contribution in [0.3, 0.4) is 0 Å². The predicted octanol–water partition coefficient (Wildman–Crippen LogP) is 2.89. The quantitative estimate of drug-likeness (QED) is 0.430. The van der Waals surface area contributed by atoms with E-state index in [1.807, 2.05) is 7.05 Å². The summed E-state index contributed by atoms with van der Waals surface area (Å²) in [4.78, 5) is 9.55. The minimum Gasteiger partial charge on any atom is -0.356 e. The first-order valence-electron chi connectivity index (χ1n) is 8.76. The van der Waals surface area contributed by atoms with Crippen LogP contribution >= 0.6 is 24.0 Å². The molecule has 2 saturated heterocycles. The molecule has 0 bridgehead atoms. The Hall–Kier alpha value is -0.0400. The van der Waals surface area contributed by atoms with Crippen molar-refractivity contribution in [1.29, 1.82) is 0 Å². The molecular formula is C17H35IN4. The van der Waals surface area contributed by atoms with Gasteiger partial charge in [0.1, 0.15) is 0 Å². The van der Waals surface area contributed by atoms with E-state index in [2.05, 4.69) is 40.9 Å². The number of aliphatic imine (C=N–C) groups is 1. The van der Waals surface area contributed by atoms with E-state index in [9.17, 15) is 0 Å². The first-order valence-corrected chi connectivity index (χ1v) is 8.76. The molecule has 4 nitrogen and oxygen atoms in total. The van der Waals surface area contributed by atoms with Crippen molar-refractivity contribution in [1.82, 2.24) is 15.1 Å². The molecule has 22 heavy (non-hydrogen) atoms. The zero-order valence-electron chi connectivity index (χ0n) is 14.8. The molecule has 130 valence electrons. The molecule has 2 fully saturated rings. The first-order chi connectivity index (χ1) is 10.1. The minimum atomic E-state index is 0. The van der Waals surface area contributed by atoms with Crippen molar-refractivity contribution in [2.45, 2.75) is 40.0 Å². The number of likely N-dealkylation sites (tertiary alicyclic amines) is 2. The Morgan fingerprint density at radius 2 is 1.77 bits per heavy atom. The molecule has 2 aliphatic heterocycles. The number of guanidine groups is 1. The Kier molecular flexibility index (Phi) is 9.05. The third-order valence-electron chi connectivity index (χ3n) is 4.76. The van der Waals surface area contributed by atoms with Gasteiger partial charge in [0, 0.05) is 33.2 Å². The summed E-state index contributed by atoms with van der Waals surface area (Å²) in [6, 6.07) is 0. The number of hydrogen-bond acceptors (Lipinski definition) is 2. The molecule has 0 aromatic heterocycles. The second-order valence-corrected chi connectivity index (χ2v) is 7.39. The van der Waals surface area contributed by atoms with Crippen molar-refractivity contribution >= 4 is 29.9 Å². The monoisotopic (exact) mass is 422 g/mol. The zero-order valence-corrected chi connectivity index (χ0v) is 17.2.